The summed E-state index contributed by atoms with van der Waals surface area (Å²) in [6.07, 6.45) is 4.85. The van der Waals surface area contributed by atoms with Crippen LogP contribution in [0.5, 0.6) is 5.75 Å². The van der Waals surface area contributed by atoms with E-state index in [-0.39, 0.29) is 42.0 Å². The summed E-state index contributed by atoms with van der Waals surface area (Å²) in [5.74, 6) is 0.0429. The number of quaternary nitrogens is 1. The molecule has 5 rings (SSSR count). The lowest BCUT2D eigenvalue weighted by molar-refractivity contribution is -0.950. The zero-order valence-electron chi connectivity index (χ0n) is 16.8. The fraction of sp³-hybridized carbons (Fsp3) is 0.636. The van der Waals surface area contributed by atoms with Crippen LogP contribution in [0.25, 0.3) is 0 Å². The van der Waals surface area contributed by atoms with Gasteiger partial charge in [0, 0.05) is 42.6 Å². The molecule has 1 saturated heterocycles. The van der Waals surface area contributed by atoms with Crippen molar-refractivity contribution in [2.45, 2.75) is 62.0 Å². The van der Waals surface area contributed by atoms with Crippen molar-refractivity contribution in [2.24, 2.45) is 11.7 Å². The number of nitrogens with two attached hydrogens (primary N) is 1. The van der Waals surface area contributed by atoms with Gasteiger partial charge in [0.05, 0.1) is 25.7 Å². The third-order valence-electron chi connectivity index (χ3n) is 8.26. The van der Waals surface area contributed by atoms with Gasteiger partial charge in [0.25, 0.3) is 5.91 Å². The Hall–Kier alpha value is -1.63. The van der Waals surface area contributed by atoms with Gasteiger partial charge in [-0.2, -0.15) is 0 Å². The summed E-state index contributed by atoms with van der Waals surface area (Å²) in [7, 11) is 2.25. The van der Waals surface area contributed by atoms with Crippen LogP contribution >= 0.6 is 0 Å². The summed E-state index contributed by atoms with van der Waals surface area (Å²) < 4.78 is 0.828. The minimum absolute atomic E-state index is 0. The van der Waals surface area contributed by atoms with Crippen LogP contribution in [0, 0.1) is 5.92 Å². The lowest BCUT2D eigenvalue weighted by Gasteiger charge is -2.65. The van der Waals surface area contributed by atoms with Crippen LogP contribution in [0.3, 0.4) is 0 Å². The molecule has 0 radical (unpaired) electrons. The van der Waals surface area contributed by atoms with Crippen molar-refractivity contribution < 1.29 is 36.7 Å². The third kappa shape index (κ3) is 2.69. The molecular weight excluding hydrogens is 392 g/mol. The quantitative estimate of drug-likeness (QED) is 0.513. The Morgan fingerprint density at radius 3 is 2.69 bits per heavy atom. The van der Waals surface area contributed by atoms with E-state index in [2.05, 4.69) is 7.05 Å². The zero-order valence-corrected chi connectivity index (χ0v) is 17.5. The minimum Gasteiger partial charge on any atom is -1.00 e. The Morgan fingerprint density at radius 2 is 2.03 bits per heavy atom. The molecule has 2 saturated carbocycles. The Bertz CT molecular complexity index is 901. The lowest BCUT2D eigenvalue weighted by Crippen LogP contribution is -3.00. The van der Waals surface area contributed by atoms with E-state index in [9.17, 15) is 19.8 Å². The van der Waals surface area contributed by atoms with Gasteiger partial charge in [-0.15, -0.1) is 0 Å². The van der Waals surface area contributed by atoms with E-state index in [4.69, 9.17) is 5.73 Å². The Morgan fingerprint density at radius 1 is 1.31 bits per heavy atom. The molecular formula is C22H29ClN2O4. The van der Waals surface area contributed by atoms with Crippen LogP contribution < -0.4 is 18.1 Å². The van der Waals surface area contributed by atoms with E-state index in [0.717, 1.165) is 29.1 Å². The molecule has 1 amide bonds. The molecule has 29 heavy (non-hydrogen) atoms. The average Bonchev–Trinajstić information content (AvgIpc) is 3.43. The number of ketones is 1. The number of aliphatic hydroxyl groups is 1. The fourth-order valence-corrected chi connectivity index (χ4v) is 6.73. The van der Waals surface area contributed by atoms with Crippen molar-refractivity contribution in [1.82, 2.24) is 0 Å². The van der Waals surface area contributed by atoms with Crippen LogP contribution in [-0.2, 0) is 16.6 Å². The number of likely N-dealkylation sites (tertiary alicyclic amines) is 1. The molecule has 3 aliphatic carbocycles. The van der Waals surface area contributed by atoms with E-state index in [1.165, 1.54) is 12.8 Å². The predicted molar refractivity (Wildman–Crippen MR) is 103 cm³/mol. The van der Waals surface area contributed by atoms with Gasteiger partial charge in [-0.1, -0.05) is 6.07 Å². The molecule has 3 fully saturated rings. The second-order valence-electron chi connectivity index (χ2n) is 9.88. The number of carbonyl (C=O) groups excluding carboxylic acids is 2. The van der Waals surface area contributed by atoms with Crippen LogP contribution in [0.4, 0.5) is 0 Å². The molecule has 1 aromatic carbocycles. The van der Waals surface area contributed by atoms with Crippen molar-refractivity contribution in [3.8, 4) is 5.75 Å². The third-order valence-corrected chi connectivity index (χ3v) is 8.26. The number of rotatable bonds is 3. The number of aromatic hydroxyl groups is 1. The SMILES string of the molecule is C[N@@+]1(CC2CC2)CCC23CC(=O)CC[C@@]2(O)C1Cc1ccc(C(N)=O)c(O)c13.[Cl-]. The highest BCUT2D eigenvalue weighted by Gasteiger charge is 2.70. The average molecular weight is 421 g/mol. The fourth-order valence-electron chi connectivity index (χ4n) is 6.73. The van der Waals surface area contributed by atoms with Gasteiger partial charge in [-0.3, -0.25) is 9.59 Å². The number of hydrogen-bond acceptors (Lipinski definition) is 4. The predicted octanol–water partition coefficient (Wildman–Crippen LogP) is -1.60. The zero-order chi connectivity index (χ0) is 19.9. The van der Waals surface area contributed by atoms with E-state index >= 15 is 0 Å². The van der Waals surface area contributed by atoms with Gasteiger partial charge < -0.3 is 32.8 Å². The van der Waals surface area contributed by atoms with Gasteiger partial charge in [0.2, 0.25) is 0 Å². The lowest BCUT2D eigenvalue weighted by atomic mass is 9.48. The maximum Gasteiger partial charge on any atom is 0.252 e. The first-order valence-corrected chi connectivity index (χ1v) is 10.4. The summed E-state index contributed by atoms with van der Waals surface area (Å²) in [6.45, 7) is 1.94. The smallest absolute Gasteiger partial charge is 0.252 e. The van der Waals surface area contributed by atoms with Crippen molar-refractivity contribution in [2.75, 3.05) is 20.1 Å². The molecule has 0 aromatic heterocycles. The second-order valence-corrected chi connectivity index (χ2v) is 9.88. The molecule has 1 aromatic rings. The number of likely N-dealkylation sites (N-methyl/N-ethyl adjacent to an activating group) is 1. The molecule has 6 nitrogen and oxygen atoms in total. The first kappa shape index (κ1) is 20.6. The summed E-state index contributed by atoms with van der Waals surface area (Å²) in [5, 5.41) is 23.2. The Balaban J connectivity index is 0.00000205. The van der Waals surface area contributed by atoms with E-state index in [1.807, 2.05) is 6.07 Å². The number of nitrogens with zero attached hydrogens (tertiary/aromatic N) is 1. The molecule has 4 aliphatic rings. The van der Waals surface area contributed by atoms with Crippen LogP contribution in [0.2, 0.25) is 0 Å². The summed E-state index contributed by atoms with van der Waals surface area (Å²) >= 11 is 0. The van der Waals surface area contributed by atoms with E-state index in [1.54, 1.807) is 6.07 Å². The highest BCUT2D eigenvalue weighted by molar-refractivity contribution is 5.96. The van der Waals surface area contributed by atoms with Gasteiger partial charge in [-0.05, 0) is 30.9 Å². The van der Waals surface area contributed by atoms with Crippen LogP contribution in [0.1, 0.15) is 60.0 Å². The van der Waals surface area contributed by atoms with Gasteiger partial charge in [0.1, 0.15) is 23.2 Å². The summed E-state index contributed by atoms with van der Waals surface area (Å²) in [6, 6.07) is 3.46. The number of fused-ring (bicyclic) bond motifs is 1. The molecule has 0 spiro atoms. The van der Waals surface area contributed by atoms with Crippen molar-refractivity contribution in [3.05, 3.63) is 28.8 Å². The topological polar surface area (TPSA) is 101 Å². The van der Waals surface area contributed by atoms with Crippen LogP contribution in [0.15, 0.2) is 12.1 Å². The number of benzene rings is 1. The van der Waals surface area contributed by atoms with Gasteiger partial charge >= 0.3 is 0 Å². The number of halogens is 1. The van der Waals surface area contributed by atoms with Crippen LogP contribution in [-0.4, -0.2) is 58.2 Å². The van der Waals surface area contributed by atoms with E-state index in [0.29, 0.717) is 31.2 Å². The highest BCUT2D eigenvalue weighted by Crippen LogP contribution is 2.61. The molecule has 2 unspecified atom stereocenters. The maximum absolute atomic E-state index is 12.6. The van der Waals surface area contributed by atoms with E-state index < -0.39 is 16.9 Å². The first-order valence-electron chi connectivity index (χ1n) is 10.4. The normalized spacial score (nSPS) is 37.9. The number of phenols is 1. The number of piperidine rings is 1. The molecule has 4 N–H and O–H groups in total. The molecule has 2 bridgehead atoms. The number of carbonyl (C=O) groups is 2. The highest BCUT2D eigenvalue weighted by atomic mass is 35.5. The number of primary amides is 1. The van der Waals surface area contributed by atoms with Crippen molar-refractivity contribution >= 4 is 11.7 Å². The standard InChI is InChI=1S/C22H28N2O4.ClH/c1-24(12-13-2-3-13)9-8-21-11-15(25)6-7-22(21,28)17(24)10-14-4-5-16(20(23)27)19(26)18(14)21;/h4-5,13,17,28H,2-3,6-12H2,1H3,(H2-,23,26,27);1H/t17?,21?,22-,24+;/m1./s1. The van der Waals surface area contributed by atoms with Gasteiger partial charge in [0.15, 0.2) is 0 Å². The molecule has 4 atom stereocenters. The molecule has 158 valence electrons. The Labute approximate surface area is 177 Å². The first-order chi connectivity index (χ1) is 13.2. The minimum atomic E-state index is -1.05. The molecule has 1 heterocycles. The maximum atomic E-state index is 12.6. The molecule has 7 heteroatoms. The Kier molecular flexibility index (Phi) is 4.58. The second kappa shape index (κ2) is 6.43. The summed E-state index contributed by atoms with van der Waals surface area (Å²) in [5.41, 5.74) is 5.23. The monoisotopic (exact) mass is 420 g/mol. The summed E-state index contributed by atoms with van der Waals surface area (Å²) in [4.78, 5) is 24.4. The largest absolute Gasteiger partial charge is 1.00 e. The van der Waals surface area contributed by atoms with Gasteiger partial charge in [-0.25, -0.2) is 0 Å². The van der Waals surface area contributed by atoms with Crippen molar-refractivity contribution in [1.29, 1.82) is 0 Å². The molecule has 1 aliphatic heterocycles. The number of hydrogen-bond donors (Lipinski definition) is 3. The number of amides is 1. The van der Waals surface area contributed by atoms with Crippen molar-refractivity contribution in [3.63, 3.8) is 0 Å². The number of Topliss-reactive ketones (excluding diaryl/α,β-unsaturated/α-hetero) is 1.